The Hall–Kier alpha value is -2.77. The summed E-state index contributed by atoms with van der Waals surface area (Å²) in [5, 5.41) is 9.77. The van der Waals surface area contributed by atoms with Gasteiger partial charge in [-0.15, -0.1) is 10.1 Å². The molecule has 0 unspecified atom stereocenters. The van der Waals surface area contributed by atoms with Crippen molar-refractivity contribution in [2.24, 2.45) is 0 Å². The van der Waals surface area contributed by atoms with Gasteiger partial charge in [-0.3, -0.25) is 0 Å². The number of methoxy groups -OCH3 is 1. The minimum atomic E-state index is -0.903. The van der Waals surface area contributed by atoms with Crippen molar-refractivity contribution in [1.82, 2.24) is 0 Å². The number of rotatable bonds is 6. The Kier molecular flexibility index (Phi) is 4.04. The average Bonchev–Trinajstić information content (AvgIpc) is 2.42. The van der Waals surface area contributed by atoms with Crippen LogP contribution in [-0.4, -0.2) is 25.4 Å². The molecule has 0 aliphatic heterocycles. The first-order valence-corrected chi connectivity index (χ1v) is 5.63. The fourth-order valence-corrected chi connectivity index (χ4v) is 1.66. The lowest BCUT2D eigenvalue weighted by Gasteiger charge is -2.11. The second-order valence-electron chi connectivity index (χ2n) is 3.68. The van der Waals surface area contributed by atoms with Gasteiger partial charge in [0.25, 0.3) is 5.09 Å². The fourth-order valence-electron chi connectivity index (χ4n) is 1.66. The van der Waals surface area contributed by atoms with E-state index < -0.39 is 10.7 Å². The van der Waals surface area contributed by atoms with E-state index in [9.17, 15) is 14.9 Å². The molecule has 0 spiro atoms. The van der Waals surface area contributed by atoms with Gasteiger partial charge >= 0.3 is 5.63 Å². The Labute approximate surface area is 112 Å². The van der Waals surface area contributed by atoms with E-state index in [1.165, 1.54) is 13.2 Å². The monoisotopic (exact) mass is 281 g/mol. The molecule has 0 saturated carbocycles. The summed E-state index contributed by atoms with van der Waals surface area (Å²) < 4.78 is 15.5. The molecule has 1 aromatic heterocycles. The highest BCUT2D eigenvalue weighted by Crippen LogP contribution is 2.34. The predicted octanol–water partition coefficient (Wildman–Crippen LogP) is 1.39. The number of benzene rings is 1. The molecule has 0 fully saturated rings. The summed E-state index contributed by atoms with van der Waals surface area (Å²) in [6, 6.07) is 6.20. The molecule has 0 aliphatic rings. The highest BCUT2D eigenvalue weighted by molar-refractivity contribution is 5.85. The van der Waals surface area contributed by atoms with Crippen molar-refractivity contribution in [3.05, 3.63) is 44.8 Å². The van der Waals surface area contributed by atoms with Gasteiger partial charge in [0.15, 0.2) is 11.3 Å². The van der Waals surface area contributed by atoms with Crippen LogP contribution in [0.1, 0.15) is 0 Å². The zero-order chi connectivity index (χ0) is 14.5. The molecule has 0 saturated heterocycles. The first kappa shape index (κ1) is 13.7. The van der Waals surface area contributed by atoms with Gasteiger partial charge in [0.05, 0.1) is 7.11 Å². The standard InChI is InChI=1S/C12H11NO7/c1-17-12-9(18-6-7-19-13(15)16)4-2-8-3-5-10(14)20-11(8)12/h2-5H,6-7H2,1H3. The van der Waals surface area contributed by atoms with Crippen LogP contribution in [0.4, 0.5) is 0 Å². The zero-order valence-electron chi connectivity index (χ0n) is 10.5. The molecular weight excluding hydrogens is 270 g/mol. The summed E-state index contributed by atoms with van der Waals surface area (Å²) in [5.41, 5.74) is -0.252. The highest BCUT2D eigenvalue weighted by Gasteiger charge is 2.12. The van der Waals surface area contributed by atoms with Crippen molar-refractivity contribution in [3.8, 4) is 11.5 Å². The Morgan fingerprint density at radius 3 is 2.70 bits per heavy atom. The Bertz CT molecular complexity index is 679. The number of ether oxygens (including phenoxy) is 2. The van der Waals surface area contributed by atoms with Crippen molar-refractivity contribution in [3.63, 3.8) is 0 Å². The SMILES string of the molecule is COc1c(OCCO[N+](=O)[O-])ccc2ccc(=O)oc12. The lowest BCUT2D eigenvalue weighted by Crippen LogP contribution is -2.11. The van der Waals surface area contributed by atoms with E-state index in [1.807, 2.05) is 0 Å². The number of fused-ring (bicyclic) bond motifs is 1. The van der Waals surface area contributed by atoms with Crippen molar-refractivity contribution in [1.29, 1.82) is 0 Å². The average molecular weight is 281 g/mol. The molecule has 2 aromatic rings. The van der Waals surface area contributed by atoms with Crippen LogP contribution in [0.25, 0.3) is 11.0 Å². The minimum Gasteiger partial charge on any atom is -0.490 e. The van der Waals surface area contributed by atoms with Crippen LogP contribution in [0.15, 0.2) is 33.5 Å². The number of nitrogens with zero attached hydrogens (tertiary/aromatic N) is 1. The lowest BCUT2D eigenvalue weighted by molar-refractivity contribution is -0.757. The first-order valence-electron chi connectivity index (χ1n) is 5.63. The van der Waals surface area contributed by atoms with Crippen LogP contribution >= 0.6 is 0 Å². The van der Waals surface area contributed by atoms with Crippen LogP contribution in [0, 0.1) is 10.1 Å². The third-order valence-corrected chi connectivity index (χ3v) is 2.45. The van der Waals surface area contributed by atoms with Gasteiger partial charge in [0.2, 0.25) is 5.75 Å². The molecule has 8 heteroatoms. The van der Waals surface area contributed by atoms with Gasteiger partial charge in [-0.2, -0.15) is 0 Å². The molecule has 20 heavy (non-hydrogen) atoms. The van der Waals surface area contributed by atoms with Gasteiger partial charge in [-0.1, -0.05) is 0 Å². The smallest absolute Gasteiger partial charge is 0.336 e. The number of hydrogen-bond donors (Lipinski definition) is 0. The van der Waals surface area contributed by atoms with Crippen LogP contribution in [0.5, 0.6) is 11.5 Å². The van der Waals surface area contributed by atoms with Crippen LogP contribution < -0.4 is 15.1 Å². The molecule has 0 N–H and O–H groups in total. The maximum absolute atomic E-state index is 11.2. The highest BCUT2D eigenvalue weighted by atomic mass is 17.0. The maximum atomic E-state index is 11.2. The second kappa shape index (κ2) is 5.91. The molecule has 8 nitrogen and oxygen atoms in total. The Morgan fingerprint density at radius 2 is 2.00 bits per heavy atom. The van der Waals surface area contributed by atoms with Crippen LogP contribution in [0.3, 0.4) is 0 Å². The van der Waals surface area contributed by atoms with Gasteiger partial charge < -0.3 is 18.7 Å². The van der Waals surface area contributed by atoms with E-state index in [4.69, 9.17) is 13.9 Å². The van der Waals surface area contributed by atoms with Gasteiger partial charge in [0, 0.05) is 11.5 Å². The van der Waals surface area contributed by atoms with E-state index in [0.29, 0.717) is 11.1 Å². The molecule has 106 valence electrons. The molecule has 0 amide bonds. The van der Waals surface area contributed by atoms with E-state index in [2.05, 4.69) is 4.84 Å². The van der Waals surface area contributed by atoms with Gasteiger partial charge in [0.1, 0.15) is 13.2 Å². The first-order chi connectivity index (χ1) is 9.61. The molecule has 0 radical (unpaired) electrons. The van der Waals surface area contributed by atoms with E-state index >= 15 is 0 Å². The molecule has 0 atom stereocenters. The largest absolute Gasteiger partial charge is 0.490 e. The van der Waals surface area contributed by atoms with Crippen LogP contribution in [-0.2, 0) is 4.84 Å². The van der Waals surface area contributed by atoms with Crippen molar-refractivity contribution < 1.29 is 23.8 Å². The Morgan fingerprint density at radius 1 is 1.25 bits per heavy atom. The van der Waals surface area contributed by atoms with Crippen molar-refractivity contribution in [2.75, 3.05) is 20.3 Å². The Balaban J connectivity index is 2.24. The van der Waals surface area contributed by atoms with E-state index in [-0.39, 0.29) is 24.5 Å². The molecule has 0 aliphatic carbocycles. The quantitative estimate of drug-likeness (QED) is 0.341. The molecular formula is C12H11NO7. The van der Waals surface area contributed by atoms with E-state index in [0.717, 1.165) is 0 Å². The fraction of sp³-hybridized carbons (Fsp3) is 0.250. The molecule has 1 heterocycles. The summed E-state index contributed by atoms with van der Waals surface area (Å²) in [4.78, 5) is 25.4. The molecule has 1 aromatic carbocycles. The summed E-state index contributed by atoms with van der Waals surface area (Å²) in [7, 11) is 1.40. The van der Waals surface area contributed by atoms with Gasteiger partial charge in [-0.25, -0.2) is 4.79 Å². The molecule has 0 bridgehead atoms. The summed E-state index contributed by atoms with van der Waals surface area (Å²) in [5.74, 6) is 0.558. The topological polar surface area (TPSA) is 101 Å². The van der Waals surface area contributed by atoms with E-state index in [1.54, 1.807) is 18.2 Å². The predicted molar refractivity (Wildman–Crippen MR) is 67.5 cm³/mol. The molecule has 2 rings (SSSR count). The number of hydrogen-bond acceptors (Lipinski definition) is 7. The summed E-state index contributed by atoms with van der Waals surface area (Å²) >= 11 is 0. The minimum absolute atomic E-state index is 0.0418. The summed E-state index contributed by atoms with van der Waals surface area (Å²) in [6.07, 6.45) is 0. The normalized spacial score (nSPS) is 10.2. The zero-order valence-corrected chi connectivity index (χ0v) is 10.5. The van der Waals surface area contributed by atoms with Crippen LogP contribution in [0.2, 0.25) is 0 Å². The third-order valence-electron chi connectivity index (χ3n) is 2.45. The second-order valence-corrected chi connectivity index (χ2v) is 3.68. The maximum Gasteiger partial charge on any atom is 0.336 e. The van der Waals surface area contributed by atoms with Crippen molar-refractivity contribution in [2.45, 2.75) is 0 Å². The summed E-state index contributed by atoms with van der Waals surface area (Å²) in [6.45, 7) is -0.257. The third kappa shape index (κ3) is 2.97. The van der Waals surface area contributed by atoms with Crippen molar-refractivity contribution >= 4 is 11.0 Å². The lowest BCUT2D eigenvalue weighted by atomic mass is 10.2. The van der Waals surface area contributed by atoms with Gasteiger partial charge in [-0.05, 0) is 18.2 Å².